The van der Waals surface area contributed by atoms with Gasteiger partial charge in [0, 0.05) is 23.4 Å². The predicted molar refractivity (Wildman–Crippen MR) is 91.6 cm³/mol. The average Bonchev–Trinajstić information content (AvgIpc) is 3.02. The standard InChI is InChI=1S/C16H14ClN3O3S/c1-24(21,22)13-8-6-11(7-9-13)15-19-20-16(23-15)18-10-12-4-2-3-5-14(12)17/h2-9H,10H2,1H3,(H,18,20). The molecule has 3 rings (SSSR count). The number of hydrogen-bond acceptors (Lipinski definition) is 6. The van der Waals surface area contributed by atoms with Crippen LogP contribution in [-0.2, 0) is 16.4 Å². The third-order valence-electron chi connectivity index (χ3n) is 3.34. The Morgan fingerprint density at radius 3 is 2.46 bits per heavy atom. The second-order valence-corrected chi connectivity index (χ2v) is 7.58. The van der Waals surface area contributed by atoms with E-state index in [2.05, 4.69) is 15.5 Å². The molecule has 0 saturated carbocycles. The molecule has 0 amide bonds. The smallest absolute Gasteiger partial charge is 0.316 e. The lowest BCUT2D eigenvalue weighted by atomic mass is 10.2. The lowest BCUT2D eigenvalue weighted by Gasteiger charge is -2.03. The van der Waals surface area contributed by atoms with Crippen LogP contribution < -0.4 is 5.32 Å². The molecule has 124 valence electrons. The van der Waals surface area contributed by atoms with Crippen LogP contribution in [0, 0.1) is 0 Å². The number of nitrogens with one attached hydrogen (secondary N) is 1. The fourth-order valence-corrected chi connectivity index (χ4v) is 2.90. The Morgan fingerprint density at radius 2 is 1.79 bits per heavy atom. The highest BCUT2D eigenvalue weighted by Gasteiger charge is 2.11. The normalized spacial score (nSPS) is 11.4. The highest BCUT2D eigenvalue weighted by Crippen LogP contribution is 2.22. The van der Waals surface area contributed by atoms with Crippen LogP contribution in [0.25, 0.3) is 11.5 Å². The molecule has 0 spiro atoms. The van der Waals surface area contributed by atoms with E-state index in [1.165, 1.54) is 12.1 Å². The van der Waals surface area contributed by atoms with Crippen molar-refractivity contribution < 1.29 is 12.8 Å². The van der Waals surface area contributed by atoms with E-state index in [0.29, 0.717) is 23.0 Å². The average molecular weight is 364 g/mol. The van der Waals surface area contributed by atoms with E-state index >= 15 is 0 Å². The zero-order chi connectivity index (χ0) is 17.2. The summed E-state index contributed by atoms with van der Waals surface area (Å²) in [6, 6.07) is 14.0. The Kier molecular flexibility index (Phi) is 4.55. The summed E-state index contributed by atoms with van der Waals surface area (Å²) in [5.74, 6) is 0.303. The van der Waals surface area contributed by atoms with Crippen LogP contribution in [0.5, 0.6) is 0 Å². The number of halogens is 1. The highest BCUT2D eigenvalue weighted by molar-refractivity contribution is 7.90. The highest BCUT2D eigenvalue weighted by atomic mass is 35.5. The Labute approximate surface area is 144 Å². The van der Waals surface area contributed by atoms with Gasteiger partial charge in [0.05, 0.1) is 4.90 Å². The van der Waals surface area contributed by atoms with Gasteiger partial charge in [0.1, 0.15) is 0 Å². The van der Waals surface area contributed by atoms with Crippen LogP contribution in [0.1, 0.15) is 5.56 Å². The van der Waals surface area contributed by atoms with Gasteiger partial charge in [-0.15, -0.1) is 5.10 Å². The number of hydrogen-bond donors (Lipinski definition) is 1. The van der Waals surface area contributed by atoms with Crippen molar-refractivity contribution in [3.05, 3.63) is 59.1 Å². The zero-order valence-corrected chi connectivity index (χ0v) is 14.3. The molecule has 0 bridgehead atoms. The topological polar surface area (TPSA) is 85.1 Å². The molecule has 2 aromatic carbocycles. The van der Waals surface area contributed by atoms with Gasteiger partial charge in [0.25, 0.3) is 0 Å². The second kappa shape index (κ2) is 6.62. The quantitative estimate of drug-likeness (QED) is 0.747. The number of anilines is 1. The molecule has 0 unspecified atom stereocenters. The van der Waals surface area contributed by atoms with Gasteiger partial charge in [-0.2, -0.15) is 0 Å². The van der Waals surface area contributed by atoms with Crippen LogP contribution in [0.4, 0.5) is 6.01 Å². The lowest BCUT2D eigenvalue weighted by Crippen LogP contribution is -1.99. The first-order valence-electron chi connectivity index (χ1n) is 7.05. The maximum atomic E-state index is 11.5. The third-order valence-corrected chi connectivity index (χ3v) is 4.84. The van der Waals surface area contributed by atoms with Gasteiger partial charge in [-0.3, -0.25) is 0 Å². The molecule has 0 aliphatic rings. The minimum Gasteiger partial charge on any atom is -0.403 e. The first kappa shape index (κ1) is 16.5. The number of aromatic nitrogens is 2. The monoisotopic (exact) mass is 363 g/mol. The largest absolute Gasteiger partial charge is 0.403 e. The molecule has 1 aromatic heterocycles. The first-order valence-corrected chi connectivity index (χ1v) is 9.32. The van der Waals surface area contributed by atoms with E-state index < -0.39 is 9.84 Å². The molecule has 24 heavy (non-hydrogen) atoms. The summed E-state index contributed by atoms with van der Waals surface area (Å²) >= 11 is 6.09. The minimum absolute atomic E-state index is 0.239. The van der Waals surface area contributed by atoms with Gasteiger partial charge in [-0.25, -0.2) is 8.42 Å². The van der Waals surface area contributed by atoms with Gasteiger partial charge >= 0.3 is 6.01 Å². The molecule has 0 atom stereocenters. The van der Waals surface area contributed by atoms with Crippen LogP contribution in [0.3, 0.4) is 0 Å². The van der Waals surface area contributed by atoms with Gasteiger partial charge < -0.3 is 9.73 Å². The summed E-state index contributed by atoms with van der Waals surface area (Å²) in [6.07, 6.45) is 1.16. The predicted octanol–water partition coefficient (Wildman–Crippen LogP) is 3.41. The van der Waals surface area contributed by atoms with Crippen molar-refractivity contribution in [2.45, 2.75) is 11.4 Å². The van der Waals surface area contributed by atoms with Crippen LogP contribution in [-0.4, -0.2) is 24.9 Å². The molecule has 6 nitrogen and oxygen atoms in total. The Morgan fingerprint density at radius 1 is 1.08 bits per heavy atom. The molecule has 0 saturated heterocycles. The van der Waals surface area contributed by atoms with Crippen molar-refractivity contribution in [1.29, 1.82) is 0 Å². The van der Waals surface area contributed by atoms with Crippen molar-refractivity contribution in [2.24, 2.45) is 0 Å². The summed E-state index contributed by atoms with van der Waals surface area (Å²) in [4.78, 5) is 0.239. The molecule has 3 aromatic rings. The van der Waals surface area contributed by atoms with Gasteiger partial charge in [0.2, 0.25) is 5.89 Å². The van der Waals surface area contributed by atoms with E-state index in [9.17, 15) is 8.42 Å². The Hall–Kier alpha value is -2.38. The summed E-state index contributed by atoms with van der Waals surface area (Å²) in [5.41, 5.74) is 1.55. The van der Waals surface area contributed by atoms with Crippen LogP contribution in [0.15, 0.2) is 57.8 Å². The van der Waals surface area contributed by atoms with E-state index in [4.69, 9.17) is 16.0 Å². The second-order valence-electron chi connectivity index (χ2n) is 5.15. The molecule has 0 fully saturated rings. The molecule has 8 heteroatoms. The summed E-state index contributed by atoms with van der Waals surface area (Å²) in [6.45, 7) is 0.453. The molecule has 0 radical (unpaired) electrons. The molecule has 0 aliphatic carbocycles. The third kappa shape index (κ3) is 3.74. The molecule has 0 aliphatic heterocycles. The lowest BCUT2D eigenvalue weighted by molar-refractivity contribution is 0.580. The van der Waals surface area contributed by atoms with E-state index in [0.717, 1.165) is 11.8 Å². The maximum absolute atomic E-state index is 11.5. The van der Waals surface area contributed by atoms with Crippen molar-refractivity contribution in [3.63, 3.8) is 0 Å². The molecule has 1 heterocycles. The van der Waals surface area contributed by atoms with Gasteiger partial charge in [0.15, 0.2) is 9.84 Å². The molecule has 1 N–H and O–H groups in total. The maximum Gasteiger partial charge on any atom is 0.316 e. The number of nitrogens with zero attached hydrogens (tertiary/aromatic N) is 2. The van der Waals surface area contributed by atoms with Crippen molar-refractivity contribution in [3.8, 4) is 11.5 Å². The summed E-state index contributed by atoms with van der Waals surface area (Å²) in [7, 11) is -3.23. The fraction of sp³-hybridized carbons (Fsp3) is 0.125. The minimum atomic E-state index is -3.23. The van der Waals surface area contributed by atoms with Gasteiger partial charge in [-0.05, 0) is 35.9 Å². The van der Waals surface area contributed by atoms with Crippen LogP contribution in [0.2, 0.25) is 5.02 Å². The summed E-state index contributed by atoms with van der Waals surface area (Å²) < 4.78 is 28.5. The van der Waals surface area contributed by atoms with Crippen molar-refractivity contribution in [2.75, 3.05) is 11.6 Å². The van der Waals surface area contributed by atoms with E-state index in [1.54, 1.807) is 18.2 Å². The number of benzene rings is 2. The fourth-order valence-electron chi connectivity index (χ4n) is 2.07. The van der Waals surface area contributed by atoms with Crippen molar-refractivity contribution >= 4 is 27.5 Å². The van der Waals surface area contributed by atoms with Crippen molar-refractivity contribution in [1.82, 2.24) is 10.2 Å². The molecular formula is C16H14ClN3O3S. The van der Waals surface area contributed by atoms with Gasteiger partial charge in [-0.1, -0.05) is 34.9 Å². The Balaban J connectivity index is 1.72. The zero-order valence-electron chi connectivity index (χ0n) is 12.7. The number of rotatable bonds is 5. The van der Waals surface area contributed by atoms with E-state index in [-0.39, 0.29) is 10.9 Å². The molecular weight excluding hydrogens is 350 g/mol. The van der Waals surface area contributed by atoms with E-state index in [1.807, 2.05) is 18.2 Å². The Bertz CT molecular complexity index is 953. The summed E-state index contributed by atoms with van der Waals surface area (Å²) in [5, 5.41) is 11.5. The first-order chi connectivity index (χ1) is 11.4. The number of sulfone groups is 1. The SMILES string of the molecule is CS(=O)(=O)c1ccc(-c2nnc(NCc3ccccc3Cl)o2)cc1. The van der Waals surface area contributed by atoms with Crippen LogP contribution >= 0.6 is 11.6 Å².